The molecule has 1 atom stereocenters. The quantitative estimate of drug-likeness (QED) is 0.533. The molecule has 1 unspecified atom stereocenters. The topological polar surface area (TPSA) is 95.6 Å². The van der Waals surface area contributed by atoms with Gasteiger partial charge in [0.25, 0.3) is 11.8 Å². The van der Waals surface area contributed by atoms with E-state index < -0.39 is 29.7 Å². The summed E-state index contributed by atoms with van der Waals surface area (Å²) in [5.41, 5.74) is 3.26. The van der Waals surface area contributed by atoms with Crippen LogP contribution in [0.5, 0.6) is 0 Å². The number of nitrogens with one attached hydrogen (secondary N) is 2. The van der Waals surface area contributed by atoms with Crippen molar-refractivity contribution in [1.82, 2.24) is 10.2 Å². The Hall–Kier alpha value is -3.00. The van der Waals surface area contributed by atoms with Crippen LogP contribution in [-0.2, 0) is 21.5 Å². The van der Waals surface area contributed by atoms with Crippen LogP contribution in [0.1, 0.15) is 44.7 Å². The van der Waals surface area contributed by atoms with Gasteiger partial charge in [0.15, 0.2) is 0 Å². The molecule has 0 aromatic heterocycles. The van der Waals surface area contributed by atoms with Gasteiger partial charge >= 0.3 is 0 Å². The zero-order valence-electron chi connectivity index (χ0n) is 15.4. The molecule has 2 heterocycles. The number of nitrogens with zero attached hydrogens (tertiary/aromatic N) is 1. The van der Waals surface area contributed by atoms with E-state index in [0.29, 0.717) is 12.2 Å². The molecule has 0 saturated carbocycles. The molecule has 1 fully saturated rings. The lowest BCUT2D eigenvalue weighted by atomic mass is 10.0. The summed E-state index contributed by atoms with van der Waals surface area (Å²) in [6, 6.07) is 12.1. The Labute approximate surface area is 175 Å². The number of amides is 4. The first-order valence-electron chi connectivity index (χ1n) is 9.22. The lowest BCUT2D eigenvalue weighted by molar-refractivity contribution is -0.136. The summed E-state index contributed by atoms with van der Waals surface area (Å²) < 4.78 is 0. The smallest absolute Gasteiger partial charge is 0.264 e. The van der Waals surface area contributed by atoms with Crippen molar-refractivity contribution in [3.8, 4) is 0 Å². The van der Waals surface area contributed by atoms with Crippen molar-refractivity contribution in [2.45, 2.75) is 30.8 Å². The van der Waals surface area contributed by atoms with Crippen molar-refractivity contribution in [2.75, 3.05) is 5.32 Å². The lowest BCUT2D eigenvalue weighted by Gasteiger charge is -2.27. The molecule has 2 aromatic rings. The molecule has 7 nitrogen and oxygen atoms in total. The number of rotatable bonds is 5. The zero-order chi connectivity index (χ0) is 20.5. The van der Waals surface area contributed by atoms with Crippen molar-refractivity contribution in [1.29, 1.82) is 0 Å². The maximum atomic E-state index is 13.0. The first kappa shape index (κ1) is 19.3. The third-order valence-corrected chi connectivity index (χ3v) is 5.78. The predicted molar refractivity (Wildman–Crippen MR) is 110 cm³/mol. The number of benzene rings is 2. The Balaban J connectivity index is 1.57. The number of carbonyl (C=O) groups excluding carboxylic acids is 4. The molecule has 0 spiro atoms. The van der Waals surface area contributed by atoms with Crippen molar-refractivity contribution in [3.63, 3.8) is 0 Å². The van der Waals surface area contributed by atoms with Gasteiger partial charge in [0, 0.05) is 24.0 Å². The first-order chi connectivity index (χ1) is 14.0. The van der Waals surface area contributed by atoms with Crippen LogP contribution in [0.4, 0.5) is 5.69 Å². The number of fused-ring (bicyclic) bond motifs is 1. The van der Waals surface area contributed by atoms with Gasteiger partial charge in [-0.05, 0) is 29.7 Å². The van der Waals surface area contributed by atoms with E-state index in [-0.39, 0.29) is 24.0 Å². The highest BCUT2D eigenvalue weighted by atomic mass is 79.9. The second kappa shape index (κ2) is 7.79. The highest BCUT2D eigenvalue weighted by Crippen LogP contribution is 2.32. The number of hydrogen-bond donors (Lipinski definition) is 2. The van der Waals surface area contributed by atoms with Crippen molar-refractivity contribution < 1.29 is 19.2 Å². The fourth-order valence-electron chi connectivity index (χ4n) is 3.61. The molecule has 0 aliphatic carbocycles. The lowest BCUT2D eigenvalue weighted by Crippen LogP contribution is -2.54. The van der Waals surface area contributed by atoms with Gasteiger partial charge in [0.05, 0.1) is 11.1 Å². The Bertz CT molecular complexity index is 1020. The number of alkyl halides is 1. The molecule has 8 heteroatoms. The molecule has 2 aliphatic rings. The summed E-state index contributed by atoms with van der Waals surface area (Å²) >= 11 is 3.41. The number of halogens is 1. The van der Waals surface area contributed by atoms with E-state index in [9.17, 15) is 19.2 Å². The van der Waals surface area contributed by atoms with Crippen LogP contribution in [0.2, 0.25) is 0 Å². The van der Waals surface area contributed by atoms with E-state index in [1.165, 1.54) is 0 Å². The molecule has 0 radical (unpaired) electrons. The van der Waals surface area contributed by atoms with Crippen molar-refractivity contribution in [2.24, 2.45) is 0 Å². The van der Waals surface area contributed by atoms with E-state index in [4.69, 9.17) is 0 Å². The van der Waals surface area contributed by atoms with Gasteiger partial charge in [-0.3, -0.25) is 29.4 Å². The Kier molecular flexibility index (Phi) is 5.19. The largest absolute Gasteiger partial charge is 0.380 e. The Morgan fingerprint density at radius 1 is 1.00 bits per heavy atom. The average Bonchev–Trinajstić information content (AvgIpc) is 2.98. The maximum absolute atomic E-state index is 13.0. The molecule has 148 valence electrons. The second-order valence-corrected chi connectivity index (χ2v) is 7.54. The minimum absolute atomic E-state index is 0.0965. The van der Waals surface area contributed by atoms with Crippen molar-refractivity contribution in [3.05, 3.63) is 64.7 Å². The van der Waals surface area contributed by atoms with Gasteiger partial charge in [-0.2, -0.15) is 0 Å². The Morgan fingerprint density at radius 2 is 1.72 bits per heavy atom. The first-order valence-corrected chi connectivity index (χ1v) is 10.3. The van der Waals surface area contributed by atoms with Crippen molar-refractivity contribution >= 4 is 45.2 Å². The minimum Gasteiger partial charge on any atom is -0.380 e. The van der Waals surface area contributed by atoms with E-state index in [2.05, 4.69) is 26.6 Å². The van der Waals surface area contributed by atoms with Crippen LogP contribution >= 0.6 is 15.9 Å². The summed E-state index contributed by atoms with van der Waals surface area (Å²) in [5.74, 6) is -2.03. The predicted octanol–water partition coefficient (Wildman–Crippen LogP) is 2.59. The van der Waals surface area contributed by atoms with E-state index in [1.807, 2.05) is 24.3 Å². The molecule has 2 aromatic carbocycles. The summed E-state index contributed by atoms with van der Waals surface area (Å²) in [4.78, 5) is 50.4. The van der Waals surface area contributed by atoms with E-state index in [1.54, 1.807) is 18.2 Å². The fraction of sp³-hybridized carbons (Fsp3) is 0.238. The average molecular weight is 456 g/mol. The van der Waals surface area contributed by atoms with Crippen LogP contribution in [-0.4, -0.2) is 34.6 Å². The van der Waals surface area contributed by atoms with Gasteiger partial charge in [-0.1, -0.05) is 46.3 Å². The van der Waals surface area contributed by atoms with Gasteiger partial charge < -0.3 is 5.32 Å². The third-order valence-electron chi connectivity index (χ3n) is 5.13. The SMILES string of the molecule is O=C1CCC(N2C(=O)c3cccc(NCc4ccc(CBr)cc4)c3C2=O)C(=O)N1. The van der Waals surface area contributed by atoms with E-state index in [0.717, 1.165) is 21.4 Å². The summed E-state index contributed by atoms with van der Waals surface area (Å²) in [5, 5.41) is 6.20. The van der Waals surface area contributed by atoms with Crippen LogP contribution in [0.15, 0.2) is 42.5 Å². The molecule has 29 heavy (non-hydrogen) atoms. The monoisotopic (exact) mass is 455 g/mol. The molecule has 0 bridgehead atoms. The van der Waals surface area contributed by atoms with Crippen LogP contribution < -0.4 is 10.6 Å². The molecule has 1 saturated heterocycles. The summed E-state index contributed by atoms with van der Waals surface area (Å²) in [7, 11) is 0. The molecule has 4 amide bonds. The van der Waals surface area contributed by atoms with Gasteiger partial charge in [0.1, 0.15) is 6.04 Å². The van der Waals surface area contributed by atoms with Crippen LogP contribution in [0.25, 0.3) is 0 Å². The van der Waals surface area contributed by atoms with Crippen LogP contribution in [0, 0.1) is 0 Å². The molecule has 2 N–H and O–H groups in total. The highest BCUT2D eigenvalue weighted by Gasteiger charge is 2.45. The molecule has 2 aliphatic heterocycles. The maximum Gasteiger partial charge on any atom is 0.264 e. The number of hydrogen-bond acceptors (Lipinski definition) is 5. The molecular formula is C21H18BrN3O4. The molecule has 4 rings (SSSR count). The van der Waals surface area contributed by atoms with Gasteiger partial charge in [-0.25, -0.2) is 0 Å². The normalized spacial score (nSPS) is 18.7. The van der Waals surface area contributed by atoms with Gasteiger partial charge in [-0.15, -0.1) is 0 Å². The standard InChI is InChI=1S/C21H18BrN3O4/c22-10-12-4-6-13(7-5-12)11-23-15-3-1-2-14-18(15)21(29)25(20(14)28)16-8-9-17(26)24-19(16)27/h1-7,16,23H,8-11H2,(H,24,26,27). The minimum atomic E-state index is -0.968. The zero-order valence-corrected chi connectivity index (χ0v) is 17.0. The molecular weight excluding hydrogens is 438 g/mol. The van der Waals surface area contributed by atoms with Crippen LogP contribution in [0.3, 0.4) is 0 Å². The van der Waals surface area contributed by atoms with Gasteiger partial charge in [0.2, 0.25) is 11.8 Å². The number of carbonyl (C=O) groups is 4. The summed E-state index contributed by atoms with van der Waals surface area (Å²) in [6.07, 6.45) is 0.234. The number of anilines is 1. The highest BCUT2D eigenvalue weighted by molar-refractivity contribution is 9.08. The third kappa shape index (κ3) is 3.55. The summed E-state index contributed by atoms with van der Waals surface area (Å²) in [6.45, 7) is 0.485. The fourth-order valence-corrected chi connectivity index (χ4v) is 3.98. The second-order valence-electron chi connectivity index (χ2n) is 6.98. The number of imide groups is 2. The Morgan fingerprint density at radius 3 is 2.41 bits per heavy atom. The number of piperidine rings is 1. The van der Waals surface area contributed by atoms with E-state index >= 15 is 0 Å².